The summed E-state index contributed by atoms with van der Waals surface area (Å²) in [5.74, 6) is -0.609. The molecule has 4 atom stereocenters. The first-order valence-corrected chi connectivity index (χ1v) is 8.97. The number of hydrogen-bond donors (Lipinski definition) is 4. The number of aromatic nitrogens is 4. The van der Waals surface area contributed by atoms with Gasteiger partial charge in [0, 0.05) is 6.07 Å². The fraction of sp³-hybridized carbons (Fsp3) is 0.312. The minimum Gasteiger partial charge on any atom is -0.484 e. The van der Waals surface area contributed by atoms with Crippen molar-refractivity contribution in [2.75, 3.05) is 12.3 Å². The summed E-state index contributed by atoms with van der Waals surface area (Å²) in [6.07, 6.45) is -4.28. The molecule has 1 saturated heterocycles. The maximum Gasteiger partial charge on any atom is 0.387 e. The number of hydrogen-bond acceptors (Lipinski definition) is 12. The van der Waals surface area contributed by atoms with E-state index in [1.807, 2.05) is 0 Å². The number of anilines is 1. The van der Waals surface area contributed by atoms with Crippen molar-refractivity contribution in [1.29, 1.82) is 0 Å². The number of aliphatic hydroxyl groups is 2. The van der Waals surface area contributed by atoms with Gasteiger partial charge in [0.05, 0.1) is 16.2 Å². The summed E-state index contributed by atoms with van der Waals surface area (Å²) in [7, 11) is 0. The van der Waals surface area contributed by atoms with E-state index in [0.717, 1.165) is 12.1 Å². The SMILES string of the molecule is Nc1nc2c(ncn2[C@@H]2O[C@H](COc3cccc([N+](=O)[O-])c3[N+](=O)[O-])[C@@H](O)[C@H]2O)c(=O)[nH]1. The van der Waals surface area contributed by atoms with Gasteiger partial charge in [0.1, 0.15) is 24.9 Å². The van der Waals surface area contributed by atoms with Gasteiger partial charge in [-0.1, -0.05) is 6.07 Å². The van der Waals surface area contributed by atoms with Gasteiger partial charge in [0.25, 0.3) is 5.56 Å². The lowest BCUT2D eigenvalue weighted by Gasteiger charge is -2.16. The number of H-pyrrole nitrogens is 1. The Morgan fingerprint density at radius 1 is 1.25 bits per heavy atom. The van der Waals surface area contributed by atoms with Gasteiger partial charge in [-0.15, -0.1) is 0 Å². The van der Waals surface area contributed by atoms with E-state index in [2.05, 4.69) is 15.0 Å². The lowest BCUT2D eigenvalue weighted by molar-refractivity contribution is -0.423. The van der Waals surface area contributed by atoms with Crippen LogP contribution in [0.25, 0.3) is 11.2 Å². The third-order valence-electron chi connectivity index (χ3n) is 4.82. The summed E-state index contributed by atoms with van der Waals surface area (Å²) < 4.78 is 12.1. The molecule has 0 aliphatic carbocycles. The zero-order valence-corrected chi connectivity index (χ0v) is 15.9. The fourth-order valence-corrected chi connectivity index (χ4v) is 3.36. The van der Waals surface area contributed by atoms with Gasteiger partial charge in [-0.25, -0.2) is 4.98 Å². The number of nitrogens with one attached hydrogen (secondary N) is 1. The van der Waals surface area contributed by atoms with Crippen molar-refractivity contribution >= 4 is 28.5 Å². The van der Waals surface area contributed by atoms with E-state index in [-0.39, 0.29) is 17.1 Å². The van der Waals surface area contributed by atoms with E-state index in [0.29, 0.717) is 0 Å². The standard InChI is InChI=1S/C16H15N7O9/c17-16-19-13-9(14(26)20-16)18-5-21(13)15-12(25)11(24)8(32-15)4-31-7-3-1-2-6(22(27)28)10(7)23(29)30/h1-3,5,8,11-12,15,24-25H,4H2,(H3,17,19,20,26)/t8-,11-,12-,15-/m1/s1. The molecule has 4 rings (SSSR count). The Kier molecular flexibility index (Phi) is 5.17. The molecule has 0 saturated carbocycles. The first kappa shape index (κ1) is 21.1. The molecule has 16 heteroatoms. The Bertz CT molecular complexity index is 1270. The number of aliphatic hydroxyl groups excluding tert-OH is 2. The monoisotopic (exact) mass is 449 g/mol. The highest BCUT2D eigenvalue weighted by molar-refractivity contribution is 5.70. The lowest BCUT2D eigenvalue weighted by atomic mass is 10.1. The number of nitrogens with two attached hydrogens (primary N) is 1. The van der Waals surface area contributed by atoms with Gasteiger partial charge in [-0.2, -0.15) is 4.98 Å². The number of para-hydroxylation sites is 1. The molecule has 0 radical (unpaired) electrons. The summed E-state index contributed by atoms with van der Waals surface area (Å²) in [6, 6.07) is 3.31. The molecular weight excluding hydrogens is 434 g/mol. The third kappa shape index (κ3) is 3.47. The number of nitro groups is 2. The summed E-state index contributed by atoms with van der Waals surface area (Å²) in [4.78, 5) is 42.5. The molecule has 0 bridgehead atoms. The van der Waals surface area contributed by atoms with Crippen molar-refractivity contribution < 1.29 is 29.5 Å². The molecule has 0 spiro atoms. The van der Waals surface area contributed by atoms with E-state index in [1.165, 1.54) is 17.0 Å². The molecular formula is C16H15N7O9. The molecule has 16 nitrogen and oxygen atoms in total. The minimum absolute atomic E-state index is 0.00149. The summed E-state index contributed by atoms with van der Waals surface area (Å²) in [6.45, 7) is -0.487. The Balaban J connectivity index is 1.58. The van der Waals surface area contributed by atoms with Crippen molar-refractivity contribution in [2.45, 2.75) is 24.5 Å². The molecule has 1 aliphatic heterocycles. The number of benzene rings is 1. The Hall–Kier alpha value is -4.15. The molecule has 5 N–H and O–H groups in total. The van der Waals surface area contributed by atoms with Gasteiger partial charge in [0.15, 0.2) is 17.4 Å². The molecule has 32 heavy (non-hydrogen) atoms. The van der Waals surface area contributed by atoms with E-state index in [1.54, 1.807) is 0 Å². The second-order valence-corrected chi connectivity index (χ2v) is 6.77. The van der Waals surface area contributed by atoms with Gasteiger partial charge in [0.2, 0.25) is 11.7 Å². The second kappa shape index (κ2) is 7.84. The van der Waals surface area contributed by atoms with Crippen LogP contribution >= 0.6 is 0 Å². The number of fused-ring (bicyclic) bond motifs is 1. The molecule has 168 valence electrons. The van der Waals surface area contributed by atoms with E-state index in [9.17, 15) is 35.2 Å². The highest BCUT2D eigenvalue weighted by Crippen LogP contribution is 2.37. The summed E-state index contributed by atoms with van der Waals surface area (Å²) >= 11 is 0. The molecule has 0 unspecified atom stereocenters. The van der Waals surface area contributed by atoms with E-state index >= 15 is 0 Å². The maximum absolute atomic E-state index is 11.9. The lowest BCUT2D eigenvalue weighted by Crippen LogP contribution is -2.34. The number of nitrogen functional groups attached to an aromatic ring is 1. The molecule has 1 aliphatic rings. The predicted molar refractivity (Wildman–Crippen MR) is 104 cm³/mol. The zero-order valence-electron chi connectivity index (χ0n) is 15.9. The van der Waals surface area contributed by atoms with Crippen LogP contribution in [-0.2, 0) is 4.74 Å². The average Bonchev–Trinajstić information content (AvgIpc) is 3.27. The third-order valence-corrected chi connectivity index (χ3v) is 4.82. The first-order chi connectivity index (χ1) is 15.2. The van der Waals surface area contributed by atoms with Crippen molar-refractivity contribution in [3.05, 3.63) is 55.1 Å². The fourth-order valence-electron chi connectivity index (χ4n) is 3.36. The van der Waals surface area contributed by atoms with Crippen molar-refractivity contribution in [3.63, 3.8) is 0 Å². The van der Waals surface area contributed by atoms with Crippen molar-refractivity contribution in [1.82, 2.24) is 19.5 Å². The van der Waals surface area contributed by atoms with Crippen LogP contribution in [0.2, 0.25) is 0 Å². The van der Waals surface area contributed by atoms with E-state index in [4.69, 9.17) is 15.2 Å². The number of rotatable bonds is 6. The van der Waals surface area contributed by atoms with Crippen molar-refractivity contribution in [3.8, 4) is 5.75 Å². The predicted octanol–water partition coefficient (Wildman–Crippen LogP) is -0.784. The largest absolute Gasteiger partial charge is 0.484 e. The van der Waals surface area contributed by atoms with E-state index < -0.39 is 63.7 Å². The summed E-state index contributed by atoms with van der Waals surface area (Å²) in [5, 5.41) is 43.2. The molecule has 1 aromatic carbocycles. The molecule has 3 aromatic rings. The number of aromatic amines is 1. The quantitative estimate of drug-likeness (QED) is 0.268. The number of nitrogens with zero attached hydrogens (tertiary/aromatic N) is 5. The number of nitro benzene ring substituents is 2. The maximum atomic E-state index is 11.9. The highest BCUT2D eigenvalue weighted by atomic mass is 16.6. The molecule has 1 fully saturated rings. The molecule has 3 heterocycles. The molecule has 0 amide bonds. The van der Waals surface area contributed by atoms with Crippen LogP contribution in [0.4, 0.5) is 17.3 Å². The van der Waals surface area contributed by atoms with Crippen LogP contribution in [-0.4, -0.2) is 64.5 Å². The van der Waals surface area contributed by atoms with Gasteiger partial charge in [-0.3, -0.25) is 34.6 Å². The number of imidazole rings is 1. The Morgan fingerprint density at radius 3 is 2.69 bits per heavy atom. The van der Waals surface area contributed by atoms with Crippen LogP contribution in [0.5, 0.6) is 5.75 Å². The van der Waals surface area contributed by atoms with Crippen LogP contribution < -0.4 is 16.0 Å². The van der Waals surface area contributed by atoms with Crippen LogP contribution in [0.3, 0.4) is 0 Å². The van der Waals surface area contributed by atoms with Crippen LogP contribution in [0, 0.1) is 20.2 Å². The van der Waals surface area contributed by atoms with Gasteiger partial charge < -0.3 is 25.4 Å². The highest BCUT2D eigenvalue weighted by Gasteiger charge is 2.45. The van der Waals surface area contributed by atoms with Crippen LogP contribution in [0.1, 0.15) is 6.23 Å². The average molecular weight is 449 g/mol. The van der Waals surface area contributed by atoms with Crippen LogP contribution in [0.15, 0.2) is 29.3 Å². The van der Waals surface area contributed by atoms with Gasteiger partial charge in [-0.05, 0) is 6.07 Å². The second-order valence-electron chi connectivity index (χ2n) is 6.77. The first-order valence-electron chi connectivity index (χ1n) is 8.97. The summed E-state index contributed by atoms with van der Waals surface area (Å²) in [5.41, 5.74) is 3.23. The Morgan fingerprint density at radius 2 is 2.00 bits per heavy atom. The van der Waals surface area contributed by atoms with Crippen molar-refractivity contribution in [2.24, 2.45) is 0 Å². The zero-order chi connectivity index (χ0) is 23.2. The van der Waals surface area contributed by atoms with Gasteiger partial charge >= 0.3 is 11.4 Å². The normalized spacial score (nSPS) is 22.8. The topological polar surface area (TPSA) is 235 Å². The Labute approximate surface area is 176 Å². The number of ether oxygens (including phenoxy) is 2. The molecule has 2 aromatic heterocycles. The minimum atomic E-state index is -1.51. The smallest absolute Gasteiger partial charge is 0.387 e.